The largest absolute Gasteiger partial charge is 0.480 e. The van der Waals surface area contributed by atoms with Gasteiger partial charge in [0, 0.05) is 18.3 Å². The highest BCUT2D eigenvalue weighted by Crippen LogP contribution is 2.30. The van der Waals surface area contributed by atoms with Gasteiger partial charge in [0.1, 0.15) is 11.6 Å². The van der Waals surface area contributed by atoms with Crippen LogP contribution in [0.2, 0.25) is 5.02 Å². The summed E-state index contributed by atoms with van der Waals surface area (Å²) in [6.45, 7) is 1.65. The standard InChI is InChI=1S/C19H16ClN5O4/c1-10(19(27)28)24-8-7-14-16(18(24)26)21-22-17-15(11-3-5-12(20)6-4-11)13(9-29-2)23-25(14)17/h3-8,10H,9H2,1-2H3,(H,27,28)/t10-/m0/s1. The third-order valence-corrected chi connectivity index (χ3v) is 4.92. The van der Waals surface area contributed by atoms with E-state index in [0.717, 1.165) is 15.7 Å². The Morgan fingerprint density at radius 2 is 1.97 bits per heavy atom. The van der Waals surface area contributed by atoms with Crippen molar-refractivity contribution in [2.75, 3.05) is 7.11 Å². The molecule has 0 unspecified atom stereocenters. The van der Waals surface area contributed by atoms with Crippen molar-refractivity contribution in [3.63, 3.8) is 0 Å². The number of aliphatic carboxylic acids is 1. The molecule has 3 heterocycles. The van der Waals surface area contributed by atoms with Crippen molar-refractivity contribution >= 4 is 34.3 Å². The lowest BCUT2D eigenvalue weighted by molar-refractivity contribution is -0.140. The zero-order valence-electron chi connectivity index (χ0n) is 15.5. The van der Waals surface area contributed by atoms with Gasteiger partial charge in [-0.25, -0.2) is 9.31 Å². The second kappa shape index (κ2) is 7.26. The van der Waals surface area contributed by atoms with Gasteiger partial charge in [-0.1, -0.05) is 23.7 Å². The van der Waals surface area contributed by atoms with E-state index in [1.807, 2.05) is 12.1 Å². The lowest BCUT2D eigenvalue weighted by Crippen LogP contribution is -2.28. The van der Waals surface area contributed by atoms with Crippen molar-refractivity contribution in [3.8, 4) is 11.1 Å². The van der Waals surface area contributed by atoms with E-state index in [9.17, 15) is 14.7 Å². The van der Waals surface area contributed by atoms with Crippen LogP contribution < -0.4 is 5.56 Å². The van der Waals surface area contributed by atoms with E-state index >= 15 is 0 Å². The van der Waals surface area contributed by atoms with Gasteiger partial charge in [-0.2, -0.15) is 5.10 Å². The normalized spacial score (nSPS) is 12.5. The van der Waals surface area contributed by atoms with E-state index in [1.54, 1.807) is 25.3 Å². The predicted molar refractivity (Wildman–Crippen MR) is 106 cm³/mol. The maximum Gasteiger partial charge on any atom is 0.326 e. The molecule has 0 spiro atoms. The minimum Gasteiger partial charge on any atom is -0.480 e. The summed E-state index contributed by atoms with van der Waals surface area (Å²) < 4.78 is 7.90. The lowest BCUT2D eigenvalue weighted by Gasteiger charge is -2.11. The molecule has 0 aliphatic rings. The molecule has 1 N–H and O–H groups in total. The summed E-state index contributed by atoms with van der Waals surface area (Å²) in [6, 6.07) is 7.78. The first-order valence-electron chi connectivity index (χ1n) is 8.69. The highest BCUT2D eigenvalue weighted by Gasteiger charge is 2.21. The number of fused-ring (bicyclic) bond motifs is 3. The number of methoxy groups -OCH3 is 1. The smallest absolute Gasteiger partial charge is 0.326 e. The van der Waals surface area contributed by atoms with Crippen molar-refractivity contribution in [2.45, 2.75) is 19.6 Å². The van der Waals surface area contributed by atoms with Gasteiger partial charge in [0.2, 0.25) is 0 Å². The molecule has 3 aromatic heterocycles. The number of nitrogens with zero attached hydrogens (tertiary/aromatic N) is 5. The first-order valence-corrected chi connectivity index (χ1v) is 9.07. The van der Waals surface area contributed by atoms with Gasteiger partial charge in [0.15, 0.2) is 11.2 Å². The molecule has 9 nitrogen and oxygen atoms in total. The third kappa shape index (κ3) is 3.14. The molecule has 0 aliphatic heterocycles. The third-order valence-electron chi connectivity index (χ3n) is 4.67. The first kappa shape index (κ1) is 19.0. The number of ether oxygens (including phenoxy) is 1. The number of rotatable bonds is 5. The summed E-state index contributed by atoms with van der Waals surface area (Å²) >= 11 is 6.00. The van der Waals surface area contributed by atoms with E-state index in [4.69, 9.17) is 16.3 Å². The van der Waals surface area contributed by atoms with E-state index in [0.29, 0.717) is 21.9 Å². The van der Waals surface area contributed by atoms with Crippen LogP contribution >= 0.6 is 11.6 Å². The van der Waals surface area contributed by atoms with Gasteiger partial charge in [-0.3, -0.25) is 9.36 Å². The molecule has 0 saturated heterocycles. The van der Waals surface area contributed by atoms with E-state index in [1.165, 1.54) is 17.6 Å². The van der Waals surface area contributed by atoms with Gasteiger partial charge < -0.3 is 9.84 Å². The highest BCUT2D eigenvalue weighted by molar-refractivity contribution is 6.30. The number of aromatic nitrogens is 5. The second-order valence-corrected chi connectivity index (χ2v) is 6.91. The quantitative estimate of drug-likeness (QED) is 0.535. The molecule has 0 bridgehead atoms. The Morgan fingerprint density at radius 1 is 1.24 bits per heavy atom. The fraction of sp³-hybridized carbons (Fsp3) is 0.211. The molecular formula is C19H16ClN5O4. The van der Waals surface area contributed by atoms with Crippen molar-refractivity contribution in [3.05, 3.63) is 57.6 Å². The summed E-state index contributed by atoms with van der Waals surface area (Å²) in [4.78, 5) is 24.0. The van der Waals surface area contributed by atoms with E-state index in [2.05, 4.69) is 15.3 Å². The molecule has 0 amide bonds. The van der Waals surface area contributed by atoms with Crippen LogP contribution in [0.25, 0.3) is 27.8 Å². The fourth-order valence-electron chi connectivity index (χ4n) is 3.18. The Labute approximate surface area is 169 Å². The van der Waals surface area contributed by atoms with Crippen LogP contribution in [0.5, 0.6) is 0 Å². The van der Waals surface area contributed by atoms with Crippen molar-refractivity contribution < 1.29 is 14.6 Å². The first-order chi connectivity index (χ1) is 13.9. The maximum absolute atomic E-state index is 12.8. The zero-order valence-corrected chi connectivity index (χ0v) is 16.3. The van der Waals surface area contributed by atoms with Crippen LogP contribution in [0.3, 0.4) is 0 Å². The number of carboxylic acids is 1. The Kier molecular flexibility index (Phi) is 4.77. The Hall–Kier alpha value is -3.30. The van der Waals surface area contributed by atoms with Crippen LogP contribution in [0, 0.1) is 0 Å². The summed E-state index contributed by atoms with van der Waals surface area (Å²) in [6.07, 6.45) is 1.42. The Bertz CT molecular complexity index is 1300. The number of carboxylic acid groups (broad SMARTS) is 1. The molecule has 0 radical (unpaired) electrons. The van der Waals surface area contributed by atoms with Crippen LogP contribution in [0.1, 0.15) is 18.7 Å². The second-order valence-electron chi connectivity index (χ2n) is 6.47. The van der Waals surface area contributed by atoms with Gasteiger partial charge in [-0.15, -0.1) is 10.2 Å². The minimum atomic E-state index is -1.12. The molecule has 0 saturated carbocycles. The van der Waals surface area contributed by atoms with Gasteiger partial charge in [-0.05, 0) is 30.7 Å². The summed E-state index contributed by atoms with van der Waals surface area (Å²) in [7, 11) is 1.56. The fourth-order valence-corrected chi connectivity index (χ4v) is 3.30. The molecule has 0 aliphatic carbocycles. The van der Waals surface area contributed by atoms with Crippen LogP contribution in [-0.4, -0.2) is 42.6 Å². The topological polar surface area (TPSA) is 112 Å². The maximum atomic E-state index is 12.8. The van der Waals surface area contributed by atoms with Crippen LogP contribution in [0.4, 0.5) is 0 Å². The highest BCUT2D eigenvalue weighted by atomic mass is 35.5. The molecular weight excluding hydrogens is 398 g/mol. The number of benzene rings is 1. The molecule has 1 aromatic carbocycles. The molecule has 10 heteroatoms. The lowest BCUT2D eigenvalue weighted by atomic mass is 10.1. The average molecular weight is 414 g/mol. The predicted octanol–water partition coefficient (Wildman–Crippen LogP) is 2.55. The molecule has 148 valence electrons. The van der Waals surface area contributed by atoms with Crippen LogP contribution in [0.15, 0.2) is 41.3 Å². The average Bonchev–Trinajstić information content (AvgIpc) is 3.07. The van der Waals surface area contributed by atoms with Crippen molar-refractivity contribution in [1.82, 2.24) is 24.4 Å². The SMILES string of the molecule is COCc1nn2c(nnc3c(=O)n([C@@H](C)C(=O)O)ccc32)c1-c1ccc(Cl)cc1. The zero-order chi connectivity index (χ0) is 20.7. The minimum absolute atomic E-state index is 0.0298. The van der Waals surface area contributed by atoms with Crippen molar-refractivity contribution in [2.24, 2.45) is 0 Å². The van der Waals surface area contributed by atoms with Gasteiger partial charge >= 0.3 is 5.97 Å². The number of hydrogen-bond donors (Lipinski definition) is 1. The molecule has 1 atom stereocenters. The Morgan fingerprint density at radius 3 is 2.62 bits per heavy atom. The van der Waals surface area contributed by atoms with E-state index < -0.39 is 17.6 Å². The molecule has 4 aromatic rings. The number of hydrogen-bond acceptors (Lipinski definition) is 6. The summed E-state index contributed by atoms with van der Waals surface area (Å²) in [5, 5.41) is 22.7. The Balaban J connectivity index is 2.01. The monoisotopic (exact) mass is 413 g/mol. The summed E-state index contributed by atoms with van der Waals surface area (Å²) in [5.41, 5.74) is 2.53. The number of carbonyl (C=O) groups is 1. The van der Waals surface area contributed by atoms with Crippen LogP contribution in [-0.2, 0) is 16.1 Å². The molecule has 4 rings (SSSR count). The van der Waals surface area contributed by atoms with Gasteiger partial charge in [0.25, 0.3) is 5.56 Å². The molecule has 0 fully saturated rings. The number of halogens is 1. The van der Waals surface area contributed by atoms with Gasteiger partial charge in [0.05, 0.1) is 17.9 Å². The van der Waals surface area contributed by atoms with E-state index in [-0.39, 0.29) is 12.1 Å². The van der Waals surface area contributed by atoms with Crippen molar-refractivity contribution in [1.29, 1.82) is 0 Å². The summed E-state index contributed by atoms with van der Waals surface area (Å²) in [5.74, 6) is -1.12. The molecule has 29 heavy (non-hydrogen) atoms. The number of pyridine rings is 1.